The third kappa shape index (κ3) is 1.90. The molecule has 5 nitrogen and oxygen atoms in total. The Morgan fingerprint density at radius 1 is 1.05 bits per heavy atom. The van der Waals surface area contributed by atoms with Gasteiger partial charge >= 0.3 is 6.03 Å². The number of urea groups is 1. The van der Waals surface area contributed by atoms with Crippen LogP contribution in [0.25, 0.3) is 10.8 Å². The number of benzene rings is 2. The van der Waals surface area contributed by atoms with Crippen LogP contribution in [0.1, 0.15) is 0 Å². The molecule has 21 heavy (non-hydrogen) atoms. The van der Waals surface area contributed by atoms with Crippen LogP contribution < -0.4 is 10.2 Å². The van der Waals surface area contributed by atoms with Crippen LogP contribution in [0, 0.1) is 0 Å². The Morgan fingerprint density at radius 2 is 1.81 bits per heavy atom. The van der Waals surface area contributed by atoms with E-state index in [1.807, 2.05) is 42.5 Å². The number of sulfone groups is 1. The molecule has 2 fully saturated rings. The fourth-order valence-corrected chi connectivity index (χ4v) is 5.20. The van der Waals surface area contributed by atoms with Gasteiger partial charge in [0, 0.05) is 5.39 Å². The number of rotatable bonds is 1. The maximum atomic E-state index is 12.3. The number of anilines is 1. The van der Waals surface area contributed by atoms with Crippen molar-refractivity contribution in [3.8, 4) is 0 Å². The summed E-state index contributed by atoms with van der Waals surface area (Å²) in [5.41, 5.74) is 0.773. The van der Waals surface area contributed by atoms with Crippen molar-refractivity contribution in [2.75, 3.05) is 16.4 Å². The zero-order valence-electron chi connectivity index (χ0n) is 11.2. The molecule has 0 saturated carbocycles. The number of amides is 2. The van der Waals surface area contributed by atoms with Gasteiger partial charge in [0.1, 0.15) is 0 Å². The Bertz CT molecular complexity index is 842. The van der Waals surface area contributed by atoms with Crippen LogP contribution >= 0.6 is 0 Å². The van der Waals surface area contributed by atoms with Gasteiger partial charge in [-0.2, -0.15) is 0 Å². The van der Waals surface area contributed by atoms with E-state index in [2.05, 4.69) is 5.32 Å². The van der Waals surface area contributed by atoms with Crippen molar-refractivity contribution < 1.29 is 13.2 Å². The average Bonchev–Trinajstić information content (AvgIpc) is 2.88. The molecule has 0 unspecified atom stereocenters. The van der Waals surface area contributed by atoms with E-state index in [4.69, 9.17) is 0 Å². The van der Waals surface area contributed by atoms with E-state index in [9.17, 15) is 13.2 Å². The van der Waals surface area contributed by atoms with Crippen LogP contribution in [0.4, 0.5) is 10.5 Å². The Labute approximate surface area is 122 Å². The fraction of sp³-hybridized carbons (Fsp3) is 0.267. The molecule has 2 saturated heterocycles. The summed E-state index contributed by atoms with van der Waals surface area (Å²) in [5.74, 6) is 0.0598. The molecule has 2 aliphatic heterocycles. The average molecular weight is 302 g/mol. The number of hydrogen-bond donors (Lipinski definition) is 1. The number of fused-ring (bicyclic) bond motifs is 2. The van der Waals surface area contributed by atoms with Crippen LogP contribution in [0.5, 0.6) is 0 Å². The van der Waals surface area contributed by atoms with Gasteiger partial charge in [-0.05, 0) is 11.5 Å². The van der Waals surface area contributed by atoms with E-state index >= 15 is 0 Å². The summed E-state index contributed by atoms with van der Waals surface area (Å²) in [6, 6.07) is 12.7. The van der Waals surface area contributed by atoms with Crippen molar-refractivity contribution in [2.45, 2.75) is 12.1 Å². The van der Waals surface area contributed by atoms with Gasteiger partial charge in [-0.15, -0.1) is 0 Å². The van der Waals surface area contributed by atoms with E-state index < -0.39 is 9.84 Å². The Morgan fingerprint density at radius 3 is 2.67 bits per heavy atom. The number of nitrogens with one attached hydrogen (secondary N) is 1. The van der Waals surface area contributed by atoms with Crippen LogP contribution in [0.15, 0.2) is 42.5 Å². The second-order valence-corrected chi connectivity index (χ2v) is 7.72. The lowest BCUT2D eigenvalue weighted by atomic mass is 10.1. The molecule has 4 rings (SSSR count). The number of carbonyl (C=O) groups is 1. The highest BCUT2D eigenvalue weighted by atomic mass is 32.2. The van der Waals surface area contributed by atoms with E-state index in [-0.39, 0.29) is 29.6 Å². The Hall–Kier alpha value is -2.08. The molecule has 2 atom stereocenters. The van der Waals surface area contributed by atoms with Crippen molar-refractivity contribution in [3.63, 3.8) is 0 Å². The van der Waals surface area contributed by atoms with Gasteiger partial charge in [0.2, 0.25) is 0 Å². The summed E-state index contributed by atoms with van der Waals surface area (Å²) in [4.78, 5) is 13.9. The molecule has 108 valence electrons. The lowest BCUT2D eigenvalue weighted by Crippen LogP contribution is -2.37. The largest absolute Gasteiger partial charge is 0.332 e. The van der Waals surface area contributed by atoms with Crippen LogP contribution in [0.3, 0.4) is 0 Å². The summed E-state index contributed by atoms with van der Waals surface area (Å²) in [6.45, 7) is 0. The minimum Gasteiger partial charge on any atom is -0.332 e. The molecule has 2 aromatic rings. The second kappa shape index (κ2) is 4.21. The molecule has 0 aliphatic carbocycles. The Kier molecular flexibility index (Phi) is 2.53. The van der Waals surface area contributed by atoms with E-state index in [1.165, 1.54) is 0 Å². The van der Waals surface area contributed by atoms with Crippen LogP contribution in [0.2, 0.25) is 0 Å². The molecule has 0 spiro atoms. The molecule has 2 aliphatic rings. The highest BCUT2D eigenvalue weighted by Gasteiger charge is 2.49. The van der Waals surface area contributed by atoms with E-state index in [0.29, 0.717) is 0 Å². The second-order valence-electron chi connectivity index (χ2n) is 5.57. The van der Waals surface area contributed by atoms with E-state index in [0.717, 1.165) is 16.5 Å². The molecule has 2 amide bonds. The summed E-state index contributed by atoms with van der Waals surface area (Å²) in [6.07, 6.45) is 0. The summed E-state index contributed by atoms with van der Waals surface area (Å²) < 4.78 is 23.6. The summed E-state index contributed by atoms with van der Waals surface area (Å²) in [5, 5.41) is 4.79. The first-order chi connectivity index (χ1) is 10.1. The predicted molar refractivity (Wildman–Crippen MR) is 81.2 cm³/mol. The first-order valence-corrected chi connectivity index (χ1v) is 8.65. The van der Waals surface area contributed by atoms with Gasteiger partial charge in [-0.25, -0.2) is 13.2 Å². The molecule has 0 radical (unpaired) electrons. The maximum absolute atomic E-state index is 12.3. The SMILES string of the molecule is O=C1N[C@@H]2CS(=O)(=O)C[C@@H]2N1c1cccc2ccccc12. The molecular weight excluding hydrogens is 288 g/mol. The standard InChI is InChI=1S/C15H14N2O3S/c18-15-16-12-8-21(19,20)9-14(12)17(15)13-7-3-5-10-4-1-2-6-11(10)13/h1-7,12,14H,8-9H2,(H,16,18)/t12-,14+/m1/s1. The molecule has 2 heterocycles. The van der Waals surface area contributed by atoms with Crippen molar-refractivity contribution in [3.05, 3.63) is 42.5 Å². The van der Waals surface area contributed by atoms with Gasteiger partial charge in [0.05, 0.1) is 29.3 Å². The normalized spacial score (nSPS) is 26.9. The minimum atomic E-state index is -3.08. The van der Waals surface area contributed by atoms with Gasteiger partial charge in [-0.1, -0.05) is 36.4 Å². The third-order valence-electron chi connectivity index (χ3n) is 4.21. The summed E-state index contributed by atoms with van der Waals surface area (Å²) >= 11 is 0. The quantitative estimate of drug-likeness (QED) is 0.813. The van der Waals surface area contributed by atoms with Crippen molar-refractivity contribution in [1.29, 1.82) is 0 Å². The minimum absolute atomic E-state index is 0.0274. The number of nitrogens with zero attached hydrogens (tertiary/aromatic N) is 1. The zero-order chi connectivity index (χ0) is 14.6. The van der Waals surface area contributed by atoms with Gasteiger partial charge in [0.25, 0.3) is 0 Å². The number of carbonyl (C=O) groups excluding carboxylic acids is 1. The first-order valence-electron chi connectivity index (χ1n) is 6.83. The monoisotopic (exact) mass is 302 g/mol. The molecule has 0 bridgehead atoms. The van der Waals surface area contributed by atoms with Crippen molar-refractivity contribution in [2.24, 2.45) is 0 Å². The third-order valence-corrected chi connectivity index (χ3v) is 5.92. The van der Waals surface area contributed by atoms with Gasteiger partial charge < -0.3 is 5.32 Å². The van der Waals surface area contributed by atoms with Crippen molar-refractivity contribution >= 4 is 32.3 Å². The highest BCUT2D eigenvalue weighted by Crippen LogP contribution is 2.34. The van der Waals surface area contributed by atoms with E-state index in [1.54, 1.807) is 4.90 Å². The van der Waals surface area contributed by atoms with Crippen molar-refractivity contribution in [1.82, 2.24) is 5.32 Å². The summed E-state index contributed by atoms with van der Waals surface area (Å²) in [7, 11) is -3.08. The van der Waals surface area contributed by atoms with Crippen LogP contribution in [-0.2, 0) is 9.84 Å². The zero-order valence-corrected chi connectivity index (χ0v) is 12.0. The molecule has 0 aromatic heterocycles. The molecule has 1 N–H and O–H groups in total. The highest BCUT2D eigenvalue weighted by molar-refractivity contribution is 7.91. The smallest absolute Gasteiger partial charge is 0.322 e. The lowest BCUT2D eigenvalue weighted by Gasteiger charge is -2.23. The van der Waals surface area contributed by atoms with Gasteiger partial charge in [-0.3, -0.25) is 4.90 Å². The molecule has 6 heteroatoms. The lowest BCUT2D eigenvalue weighted by molar-refractivity contribution is 0.251. The Balaban J connectivity index is 1.86. The maximum Gasteiger partial charge on any atom is 0.322 e. The molecular formula is C15H14N2O3S. The van der Waals surface area contributed by atoms with Crippen LogP contribution in [-0.4, -0.2) is 38.0 Å². The topological polar surface area (TPSA) is 66.5 Å². The fourth-order valence-electron chi connectivity index (χ4n) is 3.31. The number of hydrogen-bond acceptors (Lipinski definition) is 3. The molecule has 2 aromatic carbocycles. The van der Waals surface area contributed by atoms with Gasteiger partial charge in [0.15, 0.2) is 9.84 Å². The first kappa shape index (κ1) is 12.6. The predicted octanol–water partition coefficient (Wildman–Crippen LogP) is 1.53.